The molecule has 0 saturated carbocycles. The van der Waals surface area contributed by atoms with Crippen molar-refractivity contribution in [2.45, 2.75) is 21.3 Å². The number of pyridine rings is 1. The standard InChI is InChI=1S/C18H17FN2O4S3/c1-13-10-15(19)6-7-16(13)28(24,25)21-12-17(14-4-2-8-20-11-14)27(22,23)18-5-3-9-26-18/h2-11,17,21H,12H2,1H3. The van der Waals surface area contributed by atoms with Gasteiger partial charge in [-0.05, 0) is 53.8 Å². The van der Waals surface area contributed by atoms with E-state index >= 15 is 0 Å². The average molecular weight is 441 g/mol. The van der Waals surface area contributed by atoms with Crippen molar-refractivity contribution in [3.63, 3.8) is 0 Å². The molecule has 1 atom stereocenters. The van der Waals surface area contributed by atoms with Crippen LogP contribution >= 0.6 is 11.3 Å². The zero-order chi connectivity index (χ0) is 20.4. The highest BCUT2D eigenvalue weighted by Crippen LogP contribution is 2.31. The van der Waals surface area contributed by atoms with Crippen LogP contribution in [0.3, 0.4) is 0 Å². The quantitative estimate of drug-likeness (QED) is 0.609. The second kappa shape index (κ2) is 8.08. The van der Waals surface area contributed by atoms with Crippen molar-refractivity contribution < 1.29 is 21.2 Å². The van der Waals surface area contributed by atoms with Crippen molar-refractivity contribution in [2.75, 3.05) is 6.54 Å². The Bertz CT molecular complexity index is 1160. The first kappa shape index (κ1) is 20.6. The highest BCUT2D eigenvalue weighted by molar-refractivity contribution is 7.93. The molecule has 0 saturated heterocycles. The molecule has 3 aromatic rings. The lowest BCUT2D eigenvalue weighted by molar-refractivity contribution is 0.569. The summed E-state index contributed by atoms with van der Waals surface area (Å²) in [6, 6.07) is 9.56. The van der Waals surface area contributed by atoms with E-state index in [9.17, 15) is 21.2 Å². The number of nitrogens with one attached hydrogen (secondary N) is 1. The van der Waals surface area contributed by atoms with Crippen molar-refractivity contribution in [1.29, 1.82) is 0 Å². The van der Waals surface area contributed by atoms with E-state index < -0.39 is 30.9 Å². The van der Waals surface area contributed by atoms with Crippen LogP contribution < -0.4 is 4.72 Å². The highest BCUT2D eigenvalue weighted by atomic mass is 32.2. The van der Waals surface area contributed by atoms with Gasteiger partial charge in [0.1, 0.15) is 15.3 Å². The fraction of sp³-hybridized carbons (Fsp3) is 0.167. The van der Waals surface area contributed by atoms with E-state index in [1.807, 2.05) is 0 Å². The maximum Gasteiger partial charge on any atom is 0.240 e. The number of aromatic nitrogens is 1. The molecular formula is C18H17FN2O4S3. The molecule has 6 nitrogen and oxygen atoms in total. The number of hydrogen-bond donors (Lipinski definition) is 1. The minimum Gasteiger partial charge on any atom is -0.264 e. The summed E-state index contributed by atoms with van der Waals surface area (Å²) in [5, 5.41) is 0.481. The molecule has 10 heteroatoms. The Balaban J connectivity index is 1.95. The third kappa shape index (κ3) is 4.30. The van der Waals surface area contributed by atoms with E-state index in [4.69, 9.17) is 0 Å². The Morgan fingerprint density at radius 3 is 2.54 bits per heavy atom. The lowest BCUT2D eigenvalue weighted by atomic mass is 10.2. The van der Waals surface area contributed by atoms with Crippen molar-refractivity contribution >= 4 is 31.2 Å². The summed E-state index contributed by atoms with van der Waals surface area (Å²) in [6.07, 6.45) is 2.90. The fourth-order valence-corrected chi connectivity index (χ4v) is 6.94. The van der Waals surface area contributed by atoms with Gasteiger partial charge >= 0.3 is 0 Å². The molecule has 0 spiro atoms. The van der Waals surface area contributed by atoms with Crippen LogP contribution in [-0.4, -0.2) is 28.4 Å². The monoisotopic (exact) mass is 440 g/mol. The fourth-order valence-electron chi connectivity index (χ4n) is 2.72. The molecule has 0 amide bonds. The van der Waals surface area contributed by atoms with Crippen molar-refractivity contribution in [1.82, 2.24) is 9.71 Å². The number of benzene rings is 1. The van der Waals surface area contributed by atoms with Crippen LogP contribution in [0.4, 0.5) is 4.39 Å². The first-order chi connectivity index (χ1) is 13.2. The summed E-state index contributed by atoms with van der Waals surface area (Å²) in [5.74, 6) is -0.551. The Hall–Kier alpha value is -2.14. The van der Waals surface area contributed by atoms with Crippen LogP contribution in [0, 0.1) is 12.7 Å². The Labute approximate surface area is 167 Å². The third-order valence-corrected chi connectivity index (χ3v) is 9.21. The number of aryl methyl sites for hydroxylation is 1. The van der Waals surface area contributed by atoms with Crippen molar-refractivity contribution in [3.8, 4) is 0 Å². The number of nitrogens with zero attached hydrogens (tertiary/aromatic N) is 1. The summed E-state index contributed by atoms with van der Waals surface area (Å²) in [5.41, 5.74) is 0.598. The lowest BCUT2D eigenvalue weighted by Crippen LogP contribution is -2.32. The lowest BCUT2D eigenvalue weighted by Gasteiger charge is -2.18. The minimum atomic E-state index is -4.04. The maximum atomic E-state index is 13.3. The molecule has 2 heterocycles. The second-order valence-electron chi connectivity index (χ2n) is 6.01. The smallest absolute Gasteiger partial charge is 0.240 e. The SMILES string of the molecule is Cc1cc(F)ccc1S(=O)(=O)NCC(c1cccnc1)S(=O)(=O)c1cccs1. The zero-order valence-corrected chi connectivity index (χ0v) is 17.2. The van der Waals surface area contributed by atoms with E-state index in [0.29, 0.717) is 5.56 Å². The Morgan fingerprint density at radius 1 is 1.14 bits per heavy atom. The van der Waals surface area contributed by atoms with E-state index in [0.717, 1.165) is 29.5 Å². The second-order valence-corrected chi connectivity index (χ2v) is 11.1. The normalized spacial score (nSPS) is 13.4. The molecule has 28 heavy (non-hydrogen) atoms. The third-order valence-electron chi connectivity index (χ3n) is 4.09. The van der Waals surface area contributed by atoms with E-state index in [2.05, 4.69) is 9.71 Å². The first-order valence-corrected chi connectivity index (χ1v) is 12.1. The van der Waals surface area contributed by atoms with Gasteiger partial charge < -0.3 is 0 Å². The molecule has 0 aliphatic heterocycles. The van der Waals surface area contributed by atoms with Crippen molar-refractivity contribution in [2.24, 2.45) is 0 Å². The molecule has 0 radical (unpaired) electrons. The van der Waals surface area contributed by atoms with Crippen LogP contribution in [0.15, 0.2) is 69.3 Å². The van der Waals surface area contributed by atoms with Gasteiger partial charge in [0.25, 0.3) is 0 Å². The summed E-state index contributed by atoms with van der Waals surface area (Å²) >= 11 is 1.06. The Kier molecular flexibility index (Phi) is 5.94. The zero-order valence-electron chi connectivity index (χ0n) is 14.7. The van der Waals surface area contributed by atoms with Gasteiger partial charge in [-0.25, -0.2) is 25.9 Å². The largest absolute Gasteiger partial charge is 0.264 e. The van der Waals surface area contributed by atoms with Gasteiger partial charge in [0.2, 0.25) is 10.0 Å². The number of thiophene rings is 1. The maximum absolute atomic E-state index is 13.3. The summed E-state index contributed by atoms with van der Waals surface area (Å²) < 4.78 is 67.2. The van der Waals surface area contributed by atoms with Crippen LogP contribution in [0.5, 0.6) is 0 Å². The number of halogens is 1. The molecule has 0 aliphatic rings. The van der Waals surface area contributed by atoms with Crippen LogP contribution in [-0.2, 0) is 19.9 Å². The minimum absolute atomic E-state index is 0.104. The number of hydrogen-bond acceptors (Lipinski definition) is 6. The summed E-state index contributed by atoms with van der Waals surface area (Å²) in [4.78, 5) is 3.84. The van der Waals surface area contributed by atoms with Crippen LogP contribution in [0.25, 0.3) is 0 Å². The molecule has 1 aromatic carbocycles. The van der Waals surface area contributed by atoms with Gasteiger partial charge in [0, 0.05) is 18.9 Å². The molecular weight excluding hydrogens is 423 g/mol. The Morgan fingerprint density at radius 2 is 1.93 bits per heavy atom. The number of rotatable bonds is 7. The van der Waals surface area contributed by atoms with Gasteiger partial charge in [0.15, 0.2) is 9.84 Å². The predicted octanol–water partition coefficient (Wildman–Crippen LogP) is 3.08. The molecule has 0 bridgehead atoms. The van der Waals surface area contributed by atoms with Crippen molar-refractivity contribution in [3.05, 3.63) is 77.2 Å². The van der Waals surface area contributed by atoms with Crippen LogP contribution in [0.1, 0.15) is 16.4 Å². The van der Waals surface area contributed by atoms with Gasteiger partial charge in [-0.15, -0.1) is 11.3 Å². The molecule has 3 rings (SSSR count). The highest BCUT2D eigenvalue weighted by Gasteiger charge is 2.32. The number of sulfone groups is 1. The van der Waals surface area contributed by atoms with E-state index in [1.54, 1.807) is 23.6 Å². The van der Waals surface area contributed by atoms with Gasteiger partial charge in [-0.2, -0.15) is 0 Å². The average Bonchev–Trinajstić information content (AvgIpc) is 3.17. The van der Waals surface area contributed by atoms with Gasteiger partial charge in [-0.3, -0.25) is 4.98 Å². The summed E-state index contributed by atoms with van der Waals surface area (Å²) in [7, 11) is -7.88. The van der Waals surface area contributed by atoms with Gasteiger partial charge in [0.05, 0.1) is 4.90 Å². The summed E-state index contributed by atoms with van der Waals surface area (Å²) in [6.45, 7) is 1.09. The molecule has 1 unspecified atom stereocenters. The molecule has 1 N–H and O–H groups in total. The number of sulfonamides is 1. The first-order valence-electron chi connectivity index (χ1n) is 8.15. The van der Waals surface area contributed by atoms with Crippen LogP contribution in [0.2, 0.25) is 0 Å². The molecule has 0 fully saturated rings. The topological polar surface area (TPSA) is 93.2 Å². The molecule has 0 aliphatic carbocycles. The molecule has 148 valence electrons. The van der Waals surface area contributed by atoms with Gasteiger partial charge in [-0.1, -0.05) is 12.1 Å². The van der Waals surface area contributed by atoms with E-state index in [-0.39, 0.29) is 21.2 Å². The molecule has 2 aromatic heterocycles. The predicted molar refractivity (Wildman–Crippen MR) is 105 cm³/mol. The van der Waals surface area contributed by atoms with E-state index in [1.165, 1.54) is 25.4 Å².